The molecule has 0 aliphatic heterocycles. The number of alkyl halides is 2. The van der Waals surface area contributed by atoms with Crippen LogP contribution in [0.4, 0.5) is 8.78 Å². The number of aliphatic hydroxyl groups excluding tert-OH is 1. The molecular weight excluding hydrogens is 150 g/mol. The van der Waals surface area contributed by atoms with Crippen molar-refractivity contribution in [2.45, 2.75) is 12.8 Å². The summed E-state index contributed by atoms with van der Waals surface area (Å²) in [5.41, 5.74) is -0.507. The quantitative estimate of drug-likeness (QED) is 0.497. The van der Waals surface area contributed by atoms with Crippen LogP contribution < -0.4 is 0 Å². The molecule has 0 aromatic heterocycles. The highest BCUT2D eigenvalue weighted by Crippen LogP contribution is 2.26. The molecule has 11 heavy (non-hydrogen) atoms. The van der Waals surface area contributed by atoms with Crippen LogP contribution in [0.3, 0.4) is 0 Å². The summed E-state index contributed by atoms with van der Waals surface area (Å²) in [5.74, 6) is -3.70. The van der Waals surface area contributed by atoms with Crippen LogP contribution in [0.25, 0.3) is 0 Å². The summed E-state index contributed by atoms with van der Waals surface area (Å²) in [5, 5.41) is 8.69. The predicted molar refractivity (Wildman–Crippen MR) is 40.7 cm³/mol. The summed E-state index contributed by atoms with van der Waals surface area (Å²) < 4.78 is 25.0. The molecule has 0 fully saturated rings. The highest BCUT2D eigenvalue weighted by Gasteiger charge is 2.28. The van der Waals surface area contributed by atoms with Crippen molar-refractivity contribution >= 4 is 0 Å². The number of halogens is 2. The summed E-state index contributed by atoms with van der Waals surface area (Å²) in [6.07, 6.45) is 2.20. The highest BCUT2D eigenvalue weighted by molar-refractivity contribution is 5.31. The van der Waals surface area contributed by atoms with Crippen molar-refractivity contribution in [1.82, 2.24) is 0 Å². The van der Waals surface area contributed by atoms with Crippen molar-refractivity contribution in [1.29, 1.82) is 0 Å². The summed E-state index contributed by atoms with van der Waals surface area (Å²) in [6, 6.07) is 0. The first kappa shape index (κ1) is 9.88. The van der Waals surface area contributed by atoms with E-state index in [9.17, 15) is 8.78 Å². The fraction of sp³-hybridized carbons (Fsp3) is 0.250. The number of hydrogen-bond donors (Lipinski definition) is 1. The number of aliphatic hydroxyl groups is 1. The number of hydrogen-bond acceptors (Lipinski definition) is 1. The molecular formula is C8H10F2O. The van der Waals surface area contributed by atoms with E-state index in [1.54, 1.807) is 0 Å². The Kier molecular flexibility index (Phi) is 2.99. The van der Waals surface area contributed by atoms with Gasteiger partial charge >= 0.3 is 0 Å². The fourth-order valence-electron chi connectivity index (χ4n) is 0.614. The largest absolute Gasteiger partial charge is 0.508 e. The van der Waals surface area contributed by atoms with Crippen LogP contribution in [0.2, 0.25) is 0 Å². The molecule has 0 bridgehead atoms. The van der Waals surface area contributed by atoms with Crippen molar-refractivity contribution in [3.63, 3.8) is 0 Å². The van der Waals surface area contributed by atoms with Crippen molar-refractivity contribution in [2.24, 2.45) is 0 Å². The second-order valence-corrected chi connectivity index (χ2v) is 2.15. The first-order valence-electron chi connectivity index (χ1n) is 2.99. The fourth-order valence-corrected chi connectivity index (χ4v) is 0.614. The van der Waals surface area contributed by atoms with Gasteiger partial charge in [-0.1, -0.05) is 19.2 Å². The Morgan fingerprint density at radius 3 is 2.09 bits per heavy atom. The standard InChI is InChI=1S/C8H10F2O/c1-4-5-7(6(2)11)8(3,9)10/h4-5,11H,1-2H2,3H3/b7-5+. The van der Waals surface area contributed by atoms with E-state index in [1.807, 2.05) is 0 Å². The third kappa shape index (κ3) is 2.98. The summed E-state index contributed by atoms with van der Waals surface area (Å²) in [4.78, 5) is 0. The minimum Gasteiger partial charge on any atom is -0.508 e. The van der Waals surface area contributed by atoms with Gasteiger partial charge in [-0.25, -0.2) is 8.78 Å². The van der Waals surface area contributed by atoms with Crippen LogP contribution in [-0.4, -0.2) is 11.0 Å². The number of allylic oxidation sites excluding steroid dienone is 3. The molecule has 3 heteroatoms. The molecule has 0 unspecified atom stereocenters. The Labute approximate surface area is 64.4 Å². The van der Waals surface area contributed by atoms with Gasteiger partial charge in [0.25, 0.3) is 5.92 Å². The van der Waals surface area contributed by atoms with Gasteiger partial charge in [0, 0.05) is 6.92 Å². The molecule has 0 aliphatic carbocycles. The second-order valence-electron chi connectivity index (χ2n) is 2.15. The summed E-state index contributed by atoms with van der Waals surface area (Å²) >= 11 is 0. The molecule has 0 atom stereocenters. The highest BCUT2D eigenvalue weighted by atomic mass is 19.3. The molecule has 0 saturated heterocycles. The van der Waals surface area contributed by atoms with Crippen molar-refractivity contribution < 1.29 is 13.9 Å². The zero-order valence-corrected chi connectivity index (χ0v) is 6.27. The Bertz CT molecular complexity index is 199. The van der Waals surface area contributed by atoms with Gasteiger partial charge in [0.05, 0.1) is 5.57 Å². The number of rotatable bonds is 3. The molecule has 0 amide bonds. The molecule has 0 saturated carbocycles. The summed E-state index contributed by atoms with van der Waals surface area (Å²) in [6.45, 7) is 6.92. The average Bonchev–Trinajstić information content (AvgIpc) is 1.79. The second kappa shape index (κ2) is 3.32. The lowest BCUT2D eigenvalue weighted by Crippen LogP contribution is -2.14. The maximum atomic E-state index is 12.5. The van der Waals surface area contributed by atoms with E-state index in [4.69, 9.17) is 5.11 Å². The Balaban J connectivity index is 4.77. The van der Waals surface area contributed by atoms with Crippen LogP contribution in [0.15, 0.2) is 36.6 Å². The van der Waals surface area contributed by atoms with Gasteiger partial charge in [-0.05, 0) is 6.08 Å². The van der Waals surface area contributed by atoms with Crippen molar-refractivity contribution in [3.8, 4) is 0 Å². The van der Waals surface area contributed by atoms with Crippen LogP contribution in [0, 0.1) is 0 Å². The molecule has 0 aliphatic rings. The van der Waals surface area contributed by atoms with Crippen molar-refractivity contribution in [3.05, 3.63) is 36.6 Å². The average molecular weight is 160 g/mol. The van der Waals surface area contributed by atoms with Gasteiger partial charge in [0.15, 0.2) is 0 Å². The topological polar surface area (TPSA) is 20.2 Å². The molecule has 1 N–H and O–H groups in total. The monoisotopic (exact) mass is 160 g/mol. The Morgan fingerprint density at radius 2 is 2.00 bits per heavy atom. The third-order valence-corrected chi connectivity index (χ3v) is 1.07. The third-order valence-electron chi connectivity index (χ3n) is 1.07. The summed E-state index contributed by atoms with van der Waals surface area (Å²) in [7, 11) is 0. The van der Waals surface area contributed by atoms with E-state index in [1.165, 1.54) is 6.08 Å². The molecule has 0 aromatic rings. The van der Waals surface area contributed by atoms with E-state index in [-0.39, 0.29) is 0 Å². The maximum absolute atomic E-state index is 12.5. The van der Waals surface area contributed by atoms with Gasteiger partial charge < -0.3 is 5.11 Å². The lowest BCUT2D eigenvalue weighted by molar-refractivity contribution is 0.0602. The lowest BCUT2D eigenvalue weighted by Gasteiger charge is -2.12. The van der Waals surface area contributed by atoms with Gasteiger partial charge in [0.1, 0.15) is 5.76 Å². The Morgan fingerprint density at radius 1 is 1.55 bits per heavy atom. The minimum absolute atomic E-state index is 0.507. The van der Waals surface area contributed by atoms with Gasteiger partial charge in [-0.3, -0.25) is 0 Å². The van der Waals surface area contributed by atoms with Crippen LogP contribution in [0.1, 0.15) is 6.92 Å². The SMILES string of the molecule is C=C/C=C(\C(=C)O)C(C)(F)F. The van der Waals surface area contributed by atoms with Gasteiger partial charge in [-0.15, -0.1) is 0 Å². The first-order valence-corrected chi connectivity index (χ1v) is 2.99. The van der Waals surface area contributed by atoms with Crippen LogP contribution in [0.5, 0.6) is 0 Å². The van der Waals surface area contributed by atoms with E-state index in [2.05, 4.69) is 13.2 Å². The molecule has 0 spiro atoms. The molecule has 0 aromatic carbocycles. The van der Waals surface area contributed by atoms with Crippen molar-refractivity contribution in [2.75, 3.05) is 0 Å². The van der Waals surface area contributed by atoms with E-state index >= 15 is 0 Å². The zero-order chi connectivity index (χ0) is 9.07. The molecule has 1 nitrogen and oxygen atoms in total. The van der Waals surface area contributed by atoms with E-state index in [0.717, 1.165) is 6.08 Å². The van der Waals surface area contributed by atoms with Crippen LogP contribution in [-0.2, 0) is 0 Å². The van der Waals surface area contributed by atoms with Gasteiger partial charge in [-0.2, -0.15) is 0 Å². The maximum Gasteiger partial charge on any atom is 0.274 e. The van der Waals surface area contributed by atoms with E-state index in [0.29, 0.717) is 6.92 Å². The molecule has 0 heterocycles. The van der Waals surface area contributed by atoms with Gasteiger partial charge in [0.2, 0.25) is 0 Å². The lowest BCUT2D eigenvalue weighted by atomic mass is 10.1. The zero-order valence-electron chi connectivity index (χ0n) is 6.27. The van der Waals surface area contributed by atoms with E-state index < -0.39 is 17.3 Å². The smallest absolute Gasteiger partial charge is 0.274 e. The molecule has 0 rings (SSSR count). The minimum atomic E-state index is -3.07. The Hall–Kier alpha value is -1.12. The predicted octanol–water partition coefficient (Wildman–Crippen LogP) is 2.83. The first-order chi connectivity index (χ1) is 4.89. The van der Waals surface area contributed by atoms with Crippen LogP contribution >= 0.6 is 0 Å². The molecule has 62 valence electrons. The normalized spacial score (nSPS) is 12.8. The molecule has 0 radical (unpaired) electrons.